The molecule has 0 aliphatic carbocycles. The predicted molar refractivity (Wildman–Crippen MR) is 81.2 cm³/mol. The third-order valence-corrected chi connectivity index (χ3v) is 3.74. The zero-order valence-electron chi connectivity index (χ0n) is 12.4. The molecule has 20 heavy (non-hydrogen) atoms. The molecule has 0 fully saturated rings. The van der Waals surface area contributed by atoms with Crippen LogP contribution in [0.4, 0.5) is 5.69 Å². The van der Waals surface area contributed by atoms with Gasteiger partial charge in [-0.3, -0.25) is 4.79 Å². The molecule has 0 radical (unpaired) electrons. The van der Waals surface area contributed by atoms with E-state index < -0.39 is 0 Å². The summed E-state index contributed by atoms with van der Waals surface area (Å²) < 4.78 is 5.81. The van der Waals surface area contributed by atoms with Crippen LogP contribution in [0.2, 0.25) is 0 Å². The normalized spacial score (nSPS) is 17.9. The fourth-order valence-corrected chi connectivity index (χ4v) is 2.49. The first-order chi connectivity index (χ1) is 9.71. The van der Waals surface area contributed by atoms with Gasteiger partial charge >= 0.3 is 0 Å². The Morgan fingerprint density at radius 1 is 1.30 bits per heavy atom. The number of carbonyl (C=O) groups excluding carboxylic acids is 1. The van der Waals surface area contributed by atoms with Crippen LogP contribution in [-0.4, -0.2) is 25.1 Å². The molecular formula is C16H24N2O2. The number of nitrogens with zero attached hydrogens (tertiary/aromatic N) is 1. The number of ether oxygens (including phenoxy) is 1. The van der Waals surface area contributed by atoms with Crippen LogP contribution in [0.1, 0.15) is 38.7 Å². The monoisotopic (exact) mass is 276 g/mol. The number of carbonyl (C=O) groups is 1. The minimum Gasteiger partial charge on any atom is -0.478 e. The SMILES string of the molecule is CCc1ccc2c(c1)N(CCCCN)C(=O)C(CC)O2. The zero-order valence-corrected chi connectivity index (χ0v) is 12.4. The van der Waals surface area contributed by atoms with Crippen molar-refractivity contribution in [2.75, 3.05) is 18.0 Å². The number of benzene rings is 1. The lowest BCUT2D eigenvalue weighted by Gasteiger charge is -2.34. The van der Waals surface area contributed by atoms with E-state index in [-0.39, 0.29) is 12.0 Å². The van der Waals surface area contributed by atoms with Crippen LogP contribution >= 0.6 is 0 Å². The Balaban J connectivity index is 2.29. The van der Waals surface area contributed by atoms with Gasteiger partial charge in [0.05, 0.1) is 5.69 Å². The second kappa shape index (κ2) is 6.75. The molecule has 0 saturated carbocycles. The molecule has 1 aliphatic heterocycles. The average Bonchev–Trinajstić information content (AvgIpc) is 2.48. The van der Waals surface area contributed by atoms with Crippen LogP contribution in [0.5, 0.6) is 5.75 Å². The molecule has 0 aromatic heterocycles. The standard InChI is InChI=1S/C16H24N2O2/c1-3-12-7-8-15-13(11-12)18(10-6-5-9-17)16(19)14(4-2)20-15/h7-8,11,14H,3-6,9-10,17H2,1-2H3. The molecule has 0 saturated heterocycles. The molecule has 1 aromatic rings. The first-order valence-corrected chi connectivity index (χ1v) is 7.52. The molecule has 2 rings (SSSR count). The second-order valence-corrected chi connectivity index (χ2v) is 5.16. The fraction of sp³-hybridized carbons (Fsp3) is 0.562. The van der Waals surface area contributed by atoms with Crippen molar-refractivity contribution < 1.29 is 9.53 Å². The molecule has 2 N–H and O–H groups in total. The lowest BCUT2D eigenvalue weighted by Crippen LogP contribution is -2.46. The van der Waals surface area contributed by atoms with Crippen LogP contribution in [0.15, 0.2) is 18.2 Å². The smallest absolute Gasteiger partial charge is 0.268 e. The first kappa shape index (κ1) is 14.9. The van der Waals surface area contributed by atoms with Gasteiger partial charge < -0.3 is 15.4 Å². The molecule has 1 aliphatic rings. The Hall–Kier alpha value is -1.55. The third-order valence-electron chi connectivity index (χ3n) is 3.74. The number of rotatable bonds is 6. The number of hydrogen-bond donors (Lipinski definition) is 1. The molecule has 4 nitrogen and oxygen atoms in total. The van der Waals surface area contributed by atoms with Gasteiger partial charge in [-0.15, -0.1) is 0 Å². The van der Waals surface area contributed by atoms with Crippen molar-refractivity contribution >= 4 is 11.6 Å². The van der Waals surface area contributed by atoms with Gasteiger partial charge in [0.25, 0.3) is 5.91 Å². The van der Waals surface area contributed by atoms with E-state index in [4.69, 9.17) is 10.5 Å². The quantitative estimate of drug-likeness (QED) is 0.812. The lowest BCUT2D eigenvalue weighted by molar-refractivity contribution is -0.126. The Bertz CT molecular complexity index is 474. The van der Waals surface area contributed by atoms with Gasteiger partial charge in [0, 0.05) is 6.54 Å². The van der Waals surface area contributed by atoms with Crippen molar-refractivity contribution in [1.29, 1.82) is 0 Å². The van der Waals surface area contributed by atoms with E-state index in [1.54, 1.807) is 0 Å². The van der Waals surface area contributed by atoms with Crippen molar-refractivity contribution in [2.24, 2.45) is 5.73 Å². The number of anilines is 1. The van der Waals surface area contributed by atoms with E-state index in [0.29, 0.717) is 13.0 Å². The van der Waals surface area contributed by atoms with Crippen molar-refractivity contribution in [2.45, 2.75) is 45.6 Å². The van der Waals surface area contributed by atoms with Crippen molar-refractivity contribution in [3.63, 3.8) is 0 Å². The lowest BCUT2D eigenvalue weighted by atomic mass is 10.1. The highest BCUT2D eigenvalue weighted by molar-refractivity contribution is 6.00. The minimum absolute atomic E-state index is 0.0743. The molecule has 1 atom stereocenters. The number of aryl methyl sites for hydroxylation is 1. The number of unbranched alkanes of at least 4 members (excludes halogenated alkanes) is 1. The van der Waals surface area contributed by atoms with Gasteiger partial charge in [-0.1, -0.05) is 19.9 Å². The van der Waals surface area contributed by atoms with Gasteiger partial charge in [-0.05, 0) is 49.9 Å². The van der Waals surface area contributed by atoms with Gasteiger partial charge in [0.1, 0.15) is 5.75 Å². The Kier molecular flexibility index (Phi) is 5.01. The summed E-state index contributed by atoms with van der Waals surface area (Å²) in [4.78, 5) is 14.4. The summed E-state index contributed by atoms with van der Waals surface area (Å²) in [5, 5.41) is 0. The van der Waals surface area contributed by atoms with Crippen LogP contribution in [0.3, 0.4) is 0 Å². The third kappa shape index (κ3) is 2.96. The summed E-state index contributed by atoms with van der Waals surface area (Å²) in [6.45, 7) is 5.47. The first-order valence-electron chi connectivity index (χ1n) is 7.52. The topological polar surface area (TPSA) is 55.6 Å². The molecule has 0 spiro atoms. The predicted octanol–water partition coefficient (Wildman–Crippen LogP) is 2.49. The van der Waals surface area contributed by atoms with Gasteiger partial charge in [-0.2, -0.15) is 0 Å². The van der Waals surface area contributed by atoms with Crippen molar-refractivity contribution in [1.82, 2.24) is 0 Å². The summed E-state index contributed by atoms with van der Waals surface area (Å²) in [5.41, 5.74) is 7.68. The summed E-state index contributed by atoms with van der Waals surface area (Å²) in [6.07, 6.45) is 3.16. The van der Waals surface area contributed by atoms with E-state index in [1.807, 2.05) is 17.9 Å². The van der Waals surface area contributed by atoms with Gasteiger partial charge in [0.2, 0.25) is 0 Å². The molecule has 1 aromatic carbocycles. The molecule has 0 bridgehead atoms. The Labute approximate surface area is 120 Å². The molecule has 1 heterocycles. The number of amides is 1. The number of nitrogens with two attached hydrogens (primary N) is 1. The maximum atomic E-state index is 12.5. The van der Waals surface area contributed by atoms with Crippen molar-refractivity contribution in [3.05, 3.63) is 23.8 Å². The van der Waals surface area contributed by atoms with E-state index in [1.165, 1.54) is 5.56 Å². The fourth-order valence-electron chi connectivity index (χ4n) is 2.49. The summed E-state index contributed by atoms with van der Waals surface area (Å²) in [5.74, 6) is 0.895. The van der Waals surface area contributed by atoms with E-state index >= 15 is 0 Å². The van der Waals surface area contributed by atoms with E-state index in [2.05, 4.69) is 19.1 Å². The highest BCUT2D eigenvalue weighted by Crippen LogP contribution is 2.35. The Morgan fingerprint density at radius 3 is 2.75 bits per heavy atom. The zero-order chi connectivity index (χ0) is 14.5. The van der Waals surface area contributed by atoms with Crippen LogP contribution in [0.25, 0.3) is 0 Å². The summed E-state index contributed by atoms with van der Waals surface area (Å²) in [7, 11) is 0. The summed E-state index contributed by atoms with van der Waals surface area (Å²) >= 11 is 0. The van der Waals surface area contributed by atoms with Crippen molar-refractivity contribution in [3.8, 4) is 5.75 Å². The number of fused-ring (bicyclic) bond motifs is 1. The van der Waals surface area contributed by atoms with Gasteiger partial charge in [-0.25, -0.2) is 0 Å². The van der Waals surface area contributed by atoms with E-state index in [0.717, 1.165) is 37.2 Å². The van der Waals surface area contributed by atoms with Crippen LogP contribution in [0, 0.1) is 0 Å². The number of hydrogen-bond acceptors (Lipinski definition) is 3. The maximum Gasteiger partial charge on any atom is 0.268 e. The minimum atomic E-state index is -0.354. The average molecular weight is 276 g/mol. The molecule has 110 valence electrons. The van der Waals surface area contributed by atoms with E-state index in [9.17, 15) is 4.79 Å². The second-order valence-electron chi connectivity index (χ2n) is 5.16. The van der Waals surface area contributed by atoms with Crippen LogP contribution < -0.4 is 15.4 Å². The largest absolute Gasteiger partial charge is 0.478 e. The molecule has 1 unspecified atom stereocenters. The molecular weight excluding hydrogens is 252 g/mol. The summed E-state index contributed by atoms with van der Waals surface area (Å²) in [6, 6.07) is 6.13. The Morgan fingerprint density at radius 2 is 2.10 bits per heavy atom. The highest BCUT2D eigenvalue weighted by atomic mass is 16.5. The highest BCUT2D eigenvalue weighted by Gasteiger charge is 2.32. The molecule has 4 heteroatoms. The van der Waals surface area contributed by atoms with Gasteiger partial charge in [0.15, 0.2) is 6.10 Å². The van der Waals surface area contributed by atoms with Crippen LogP contribution in [-0.2, 0) is 11.2 Å². The maximum absolute atomic E-state index is 12.5. The molecule has 1 amide bonds.